The van der Waals surface area contributed by atoms with Crippen LogP contribution in [0.5, 0.6) is 0 Å². The molecule has 0 aromatic heterocycles. The van der Waals surface area contributed by atoms with Gasteiger partial charge in [0.1, 0.15) is 12.7 Å². The fraction of sp³-hybridized carbons (Fsp3) is 0.267. The molecule has 0 spiro atoms. The Balaban J connectivity index is 1.64. The van der Waals surface area contributed by atoms with Gasteiger partial charge in [-0.05, 0) is 36.4 Å². The molecule has 3 aromatic carbocycles. The summed E-state index contributed by atoms with van der Waals surface area (Å²) >= 11 is 0.836. The second kappa shape index (κ2) is 13.9. The highest BCUT2D eigenvalue weighted by molar-refractivity contribution is 8.14. The first-order chi connectivity index (χ1) is 19.4. The number of ether oxygens (including phenoxy) is 5. The van der Waals surface area contributed by atoms with Crippen LogP contribution in [0.15, 0.2) is 91.0 Å². The molecule has 0 amide bonds. The van der Waals surface area contributed by atoms with Gasteiger partial charge in [-0.15, -0.1) is 0 Å². The molecular weight excluding hydrogens is 536 g/mol. The Labute approximate surface area is 235 Å². The maximum atomic E-state index is 13.2. The van der Waals surface area contributed by atoms with E-state index in [9.17, 15) is 19.2 Å². The van der Waals surface area contributed by atoms with E-state index in [1.807, 2.05) is 0 Å². The topological polar surface area (TPSA) is 114 Å². The van der Waals surface area contributed by atoms with Crippen molar-refractivity contribution in [2.75, 3.05) is 13.7 Å². The summed E-state index contributed by atoms with van der Waals surface area (Å²) in [5.41, 5.74) is 0.856. The Bertz CT molecular complexity index is 1300. The van der Waals surface area contributed by atoms with Gasteiger partial charge in [-0.2, -0.15) is 0 Å². The quantitative estimate of drug-likeness (QED) is 0.275. The fourth-order valence-electron chi connectivity index (χ4n) is 4.14. The van der Waals surface area contributed by atoms with Crippen molar-refractivity contribution in [3.63, 3.8) is 0 Å². The summed E-state index contributed by atoms with van der Waals surface area (Å²) in [6, 6.07) is 24.9. The molecule has 0 unspecified atom stereocenters. The summed E-state index contributed by atoms with van der Waals surface area (Å²) in [6.45, 7) is 1.07. The smallest absolute Gasteiger partial charge is 0.338 e. The average Bonchev–Trinajstić information content (AvgIpc) is 2.99. The number of hydrogen-bond donors (Lipinski definition) is 0. The Kier molecular flexibility index (Phi) is 10.1. The van der Waals surface area contributed by atoms with Crippen LogP contribution in [0.2, 0.25) is 0 Å². The van der Waals surface area contributed by atoms with E-state index in [-0.39, 0.29) is 22.8 Å². The normalized spacial score (nSPS) is 22.1. The van der Waals surface area contributed by atoms with Crippen molar-refractivity contribution in [3.8, 4) is 0 Å². The highest BCUT2D eigenvalue weighted by atomic mass is 32.2. The van der Waals surface area contributed by atoms with Crippen molar-refractivity contribution >= 4 is 34.8 Å². The van der Waals surface area contributed by atoms with Gasteiger partial charge >= 0.3 is 17.9 Å². The molecule has 10 heteroatoms. The van der Waals surface area contributed by atoms with Gasteiger partial charge in [0.15, 0.2) is 23.6 Å². The predicted octanol–water partition coefficient (Wildman–Crippen LogP) is 4.31. The fourth-order valence-corrected chi connectivity index (χ4v) is 5.17. The molecule has 1 saturated heterocycles. The van der Waals surface area contributed by atoms with Crippen molar-refractivity contribution < 1.29 is 42.9 Å². The zero-order valence-electron chi connectivity index (χ0n) is 21.8. The number of methoxy groups -OCH3 is 1. The molecule has 0 saturated carbocycles. The number of benzene rings is 3. The van der Waals surface area contributed by atoms with E-state index in [0.717, 1.165) is 11.8 Å². The van der Waals surface area contributed by atoms with Crippen LogP contribution in [0.4, 0.5) is 0 Å². The molecule has 0 radical (unpaired) electrons. The number of rotatable bonds is 9. The van der Waals surface area contributed by atoms with E-state index in [1.54, 1.807) is 91.0 Å². The van der Waals surface area contributed by atoms with E-state index in [2.05, 4.69) is 0 Å². The van der Waals surface area contributed by atoms with Gasteiger partial charge in [-0.3, -0.25) is 4.79 Å². The van der Waals surface area contributed by atoms with Crippen LogP contribution in [0.3, 0.4) is 0 Å². The van der Waals surface area contributed by atoms with Crippen LogP contribution in [0, 0.1) is 0 Å². The molecule has 208 valence electrons. The van der Waals surface area contributed by atoms with E-state index < -0.39 is 47.8 Å². The first-order valence-corrected chi connectivity index (χ1v) is 13.3. The summed E-state index contributed by atoms with van der Waals surface area (Å²) in [5.74, 6) is -1.99. The molecule has 40 heavy (non-hydrogen) atoms. The van der Waals surface area contributed by atoms with Gasteiger partial charge in [0.2, 0.25) is 0 Å². The third-order valence-corrected chi connectivity index (χ3v) is 7.19. The number of carbonyl (C=O) groups is 4. The monoisotopic (exact) mass is 564 g/mol. The lowest BCUT2D eigenvalue weighted by Gasteiger charge is -2.44. The van der Waals surface area contributed by atoms with Crippen LogP contribution < -0.4 is 0 Å². The van der Waals surface area contributed by atoms with Crippen LogP contribution in [0.25, 0.3) is 0 Å². The van der Waals surface area contributed by atoms with E-state index >= 15 is 0 Å². The predicted molar refractivity (Wildman–Crippen MR) is 146 cm³/mol. The summed E-state index contributed by atoms with van der Waals surface area (Å²) in [5, 5.41) is -1.22. The van der Waals surface area contributed by atoms with Gasteiger partial charge in [0.05, 0.1) is 21.9 Å². The lowest BCUT2D eigenvalue weighted by atomic mass is 10.0. The van der Waals surface area contributed by atoms with Crippen LogP contribution in [-0.2, 0) is 28.5 Å². The number of esters is 3. The third-order valence-electron chi connectivity index (χ3n) is 6.02. The molecule has 1 heterocycles. The van der Waals surface area contributed by atoms with Gasteiger partial charge in [0.25, 0.3) is 0 Å². The van der Waals surface area contributed by atoms with E-state index in [1.165, 1.54) is 14.0 Å². The second-order valence-corrected chi connectivity index (χ2v) is 10.1. The second-order valence-electron chi connectivity index (χ2n) is 8.79. The maximum absolute atomic E-state index is 13.2. The van der Waals surface area contributed by atoms with Gasteiger partial charge in [-0.25, -0.2) is 14.4 Å². The highest BCUT2D eigenvalue weighted by Crippen LogP contribution is 2.35. The molecule has 9 nitrogen and oxygen atoms in total. The summed E-state index contributed by atoms with van der Waals surface area (Å²) < 4.78 is 28.8. The Morgan fingerprint density at radius 3 is 1.60 bits per heavy atom. The third kappa shape index (κ3) is 7.35. The van der Waals surface area contributed by atoms with Gasteiger partial charge in [0, 0.05) is 14.0 Å². The molecule has 0 N–H and O–H groups in total. The van der Waals surface area contributed by atoms with Crippen LogP contribution in [0.1, 0.15) is 38.0 Å². The van der Waals surface area contributed by atoms with E-state index in [4.69, 9.17) is 23.7 Å². The zero-order valence-corrected chi connectivity index (χ0v) is 22.7. The first-order valence-electron chi connectivity index (χ1n) is 12.5. The largest absolute Gasteiger partial charge is 0.459 e. The molecule has 1 aliphatic heterocycles. The Morgan fingerprint density at radius 1 is 0.700 bits per heavy atom. The van der Waals surface area contributed by atoms with Crippen LogP contribution in [-0.4, -0.2) is 66.6 Å². The minimum atomic E-state index is -1.25. The molecular formula is C30H28O9S. The minimum Gasteiger partial charge on any atom is -0.459 e. The molecule has 0 aliphatic carbocycles. The standard InChI is InChI=1S/C30H28O9S/c1-19(31)40-26-23(18-36-27(32)20-12-6-3-7-13-20)37-30(35-2)25(39-29(34)22-16-10-5-11-17-22)24(26)38-28(33)21-14-8-4-9-15-21/h3-17,23-26,30H,18H2,1-2H3/t23-,24-,25-,26+,30+/m1/s1. The highest BCUT2D eigenvalue weighted by Gasteiger charge is 2.52. The van der Waals surface area contributed by atoms with Crippen molar-refractivity contribution in [1.82, 2.24) is 0 Å². The summed E-state index contributed by atoms with van der Waals surface area (Å²) in [6.07, 6.45) is -4.60. The first kappa shape index (κ1) is 29.0. The van der Waals surface area contributed by atoms with Gasteiger partial charge in [-0.1, -0.05) is 66.4 Å². The summed E-state index contributed by atoms with van der Waals surface area (Å²) in [4.78, 5) is 51.2. The number of thioether (sulfide) groups is 1. The molecule has 4 rings (SSSR count). The number of hydrogen-bond acceptors (Lipinski definition) is 10. The van der Waals surface area contributed by atoms with Crippen molar-refractivity contribution in [2.24, 2.45) is 0 Å². The SMILES string of the molecule is CO[C@H]1O[C@H](COC(=O)c2ccccc2)[C@H](SC(C)=O)[C@H](OC(=O)c2ccccc2)[C@H]1OC(=O)c1ccccc1. The summed E-state index contributed by atoms with van der Waals surface area (Å²) in [7, 11) is 1.34. The zero-order chi connectivity index (χ0) is 28.5. The molecule has 1 aliphatic rings. The molecule has 3 aromatic rings. The molecule has 5 atom stereocenters. The Morgan fingerprint density at radius 2 is 1.15 bits per heavy atom. The lowest BCUT2D eigenvalue weighted by molar-refractivity contribution is -0.258. The molecule has 0 bridgehead atoms. The van der Waals surface area contributed by atoms with Crippen molar-refractivity contribution in [3.05, 3.63) is 108 Å². The lowest BCUT2D eigenvalue weighted by Crippen LogP contribution is -2.61. The van der Waals surface area contributed by atoms with Crippen molar-refractivity contribution in [1.29, 1.82) is 0 Å². The van der Waals surface area contributed by atoms with Crippen LogP contribution >= 0.6 is 11.8 Å². The maximum Gasteiger partial charge on any atom is 0.338 e. The minimum absolute atomic E-state index is 0.259. The van der Waals surface area contributed by atoms with Gasteiger partial charge < -0.3 is 23.7 Å². The Hall–Kier alpha value is -3.99. The average molecular weight is 565 g/mol. The molecule has 1 fully saturated rings. The number of carbonyl (C=O) groups excluding carboxylic acids is 4. The van der Waals surface area contributed by atoms with E-state index in [0.29, 0.717) is 5.56 Å². The van der Waals surface area contributed by atoms with Crippen molar-refractivity contribution in [2.45, 2.75) is 36.8 Å².